The molecule has 3 aromatic heterocycles. The maximum Gasteiger partial charge on any atom is 0.155 e. The molecule has 180 valence electrons. The number of rotatable bonds is 4. The third-order valence-corrected chi connectivity index (χ3v) is 9.48. The van der Waals surface area contributed by atoms with Gasteiger partial charge in [0.05, 0.1) is 39.4 Å². The molecule has 34 heavy (non-hydrogen) atoms. The lowest BCUT2D eigenvalue weighted by Crippen LogP contribution is -2.48. The maximum atomic E-state index is 13.1. The molecule has 0 bridgehead atoms. The predicted molar refractivity (Wildman–Crippen MR) is 135 cm³/mol. The van der Waals surface area contributed by atoms with Gasteiger partial charge in [-0.2, -0.15) is 5.10 Å². The highest BCUT2D eigenvalue weighted by Gasteiger charge is 2.49. The quantitative estimate of drug-likeness (QED) is 0.607. The Hall–Kier alpha value is -2.32. The smallest absolute Gasteiger partial charge is 0.155 e. The highest BCUT2D eigenvalue weighted by atomic mass is 32.2. The first-order chi connectivity index (χ1) is 16.3. The van der Waals surface area contributed by atoms with Crippen LogP contribution in [-0.4, -0.2) is 41.6 Å². The lowest BCUT2D eigenvalue weighted by atomic mass is 9.73. The van der Waals surface area contributed by atoms with Gasteiger partial charge in [0, 0.05) is 30.9 Å². The fourth-order valence-corrected chi connectivity index (χ4v) is 6.82. The van der Waals surface area contributed by atoms with Gasteiger partial charge >= 0.3 is 0 Å². The van der Waals surface area contributed by atoms with Gasteiger partial charge in [-0.15, -0.1) is 0 Å². The summed E-state index contributed by atoms with van der Waals surface area (Å²) in [6, 6.07) is 6.33. The number of nitrogens with one attached hydrogen (secondary N) is 1. The fourth-order valence-electron chi connectivity index (χ4n) is 5.88. The molecule has 2 fully saturated rings. The van der Waals surface area contributed by atoms with Crippen molar-refractivity contribution in [2.45, 2.75) is 76.5 Å². The monoisotopic (exact) mass is 478 g/mol. The molecule has 3 aromatic rings. The summed E-state index contributed by atoms with van der Waals surface area (Å²) in [5.41, 5.74) is 5.89. The zero-order valence-electron chi connectivity index (χ0n) is 20.5. The van der Waals surface area contributed by atoms with Crippen molar-refractivity contribution in [2.24, 2.45) is 5.41 Å². The minimum atomic E-state index is -1.14. The minimum absolute atomic E-state index is 0.0215. The summed E-state index contributed by atoms with van der Waals surface area (Å²) in [6.07, 6.45) is 9.21. The summed E-state index contributed by atoms with van der Waals surface area (Å²) < 4.78 is 18.5. The molecule has 1 saturated heterocycles. The van der Waals surface area contributed by atoms with Crippen LogP contribution in [-0.2, 0) is 17.4 Å². The summed E-state index contributed by atoms with van der Waals surface area (Å²) in [5, 5.41) is 4.66. The fraction of sp³-hybridized carbons (Fsp3) is 0.577. The summed E-state index contributed by atoms with van der Waals surface area (Å²) in [7, 11) is -1.14. The number of aryl methyl sites for hydroxylation is 1. The van der Waals surface area contributed by atoms with Gasteiger partial charge in [0.1, 0.15) is 5.52 Å². The Bertz CT molecular complexity index is 1270. The second-order valence-corrected chi connectivity index (χ2v) is 13.3. The van der Waals surface area contributed by atoms with E-state index in [0.29, 0.717) is 5.92 Å². The maximum absolute atomic E-state index is 13.1. The number of hydrogen-bond acceptors (Lipinski definition) is 5. The van der Waals surface area contributed by atoms with Crippen LogP contribution >= 0.6 is 0 Å². The van der Waals surface area contributed by atoms with Crippen LogP contribution in [0.4, 0.5) is 5.82 Å². The van der Waals surface area contributed by atoms with Crippen molar-refractivity contribution >= 4 is 22.3 Å². The number of anilines is 1. The largest absolute Gasteiger partial charge is 0.355 e. The van der Waals surface area contributed by atoms with E-state index < -0.39 is 11.0 Å². The molecule has 8 heteroatoms. The summed E-state index contributed by atoms with van der Waals surface area (Å²) >= 11 is 0. The van der Waals surface area contributed by atoms with Crippen molar-refractivity contribution in [3.63, 3.8) is 0 Å². The zero-order valence-corrected chi connectivity index (χ0v) is 21.4. The zero-order chi connectivity index (χ0) is 23.7. The van der Waals surface area contributed by atoms with E-state index in [0.717, 1.165) is 55.1 Å². The average Bonchev–Trinajstić information content (AvgIpc) is 3.44. The van der Waals surface area contributed by atoms with Crippen molar-refractivity contribution in [1.29, 1.82) is 0 Å². The normalized spacial score (nSPS) is 22.9. The molecule has 1 saturated carbocycles. The molecule has 2 aliphatic carbocycles. The topological polar surface area (TPSA) is 75.4 Å². The van der Waals surface area contributed by atoms with Gasteiger partial charge in [-0.25, -0.2) is 18.4 Å². The minimum Gasteiger partial charge on any atom is -0.355 e. The Morgan fingerprint density at radius 2 is 1.91 bits per heavy atom. The van der Waals surface area contributed by atoms with Gasteiger partial charge < -0.3 is 4.90 Å². The van der Waals surface area contributed by atoms with E-state index in [1.54, 1.807) is 0 Å². The molecule has 0 amide bonds. The third kappa shape index (κ3) is 3.57. The first-order valence-electron chi connectivity index (χ1n) is 12.5. The number of fused-ring (bicyclic) bond motifs is 2. The van der Waals surface area contributed by atoms with E-state index in [9.17, 15) is 4.21 Å². The van der Waals surface area contributed by atoms with Crippen molar-refractivity contribution in [1.82, 2.24) is 24.3 Å². The van der Waals surface area contributed by atoms with E-state index in [1.807, 2.05) is 39.2 Å². The van der Waals surface area contributed by atoms with Gasteiger partial charge in [-0.3, -0.25) is 4.98 Å². The molecular formula is C26H34N6OS. The third-order valence-electron chi connectivity index (χ3n) is 7.92. The number of nitrogens with zero attached hydrogens (tertiary/aromatic N) is 5. The van der Waals surface area contributed by atoms with Crippen molar-refractivity contribution < 1.29 is 4.21 Å². The van der Waals surface area contributed by atoms with E-state index in [2.05, 4.69) is 38.3 Å². The molecule has 0 aromatic carbocycles. The second kappa shape index (κ2) is 7.85. The predicted octanol–water partition coefficient (Wildman–Crippen LogP) is 4.25. The molecule has 1 spiro atoms. The number of aromatic nitrogens is 4. The first-order valence-corrected chi connectivity index (χ1v) is 13.6. The van der Waals surface area contributed by atoms with E-state index in [1.165, 1.54) is 24.1 Å². The lowest BCUT2D eigenvalue weighted by molar-refractivity contribution is 0.177. The molecule has 3 aliphatic rings. The molecule has 1 unspecified atom stereocenters. The van der Waals surface area contributed by atoms with Crippen LogP contribution in [0.25, 0.3) is 5.52 Å². The Kier molecular flexibility index (Phi) is 5.12. The number of pyridine rings is 1. The van der Waals surface area contributed by atoms with Gasteiger partial charge in [-0.05, 0) is 82.9 Å². The van der Waals surface area contributed by atoms with E-state index in [4.69, 9.17) is 9.97 Å². The van der Waals surface area contributed by atoms with Crippen LogP contribution in [0, 0.1) is 12.3 Å². The van der Waals surface area contributed by atoms with E-state index >= 15 is 0 Å². The van der Waals surface area contributed by atoms with E-state index in [-0.39, 0.29) is 16.2 Å². The Balaban J connectivity index is 1.29. The van der Waals surface area contributed by atoms with Crippen LogP contribution in [0.15, 0.2) is 30.6 Å². The summed E-state index contributed by atoms with van der Waals surface area (Å²) in [5.74, 6) is 1.65. The molecular weight excluding hydrogens is 444 g/mol. The molecule has 1 aliphatic heterocycles. The van der Waals surface area contributed by atoms with Gasteiger partial charge in [0.15, 0.2) is 5.82 Å². The highest BCUT2D eigenvalue weighted by molar-refractivity contribution is 7.84. The molecule has 1 N–H and O–H groups in total. The Morgan fingerprint density at radius 1 is 1.15 bits per heavy atom. The molecule has 0 radical (unpaired) electrons. The second-order valence-electron chi connectivity index (χ2n) is 11.3. The Labute approximate surface area is 204 Å². The molecule has 2 atom stereocenters. The van der Waals surface area contributed by atoms with Gasteiger partial charge in [0.2, 0.25) is 0 Å². The van der Waals surface area contributed by atoms with Crippen LogP contribution in [0.2, 0.25) is 0 Å². The van der Waals surface area contributed by atoms with Crippen LogP contribution in [0.5, 0.6) is 0 Å². The van der Waals surface area contributed by atoms with Crippen molar-refractivity contribution in [3.05, 3.63) is 53.2 Å². The standard InChI is InChI=1S/C26H34N6OS/c1-17-22(18-7-8-18)32-21(9-13-28-32)24(29-17)31-14-10-26(11-15-31)16-20-19(6-5-12-27-20)23(26)30-34(33)25(2,3)4/h5-6,9,12-13,18,23,30H,7-8,10-11,14-16H2,1-4H3/t23-,34?/m1/s1. The van der Waals surface area contributed by atoms with Crippen molar-refractivity contribution in [2.75, 3.05) is 18.0 Å². The van der Waals surface area contributed by atoms with Gasteiger partial charge in [-0.1, -0.05) is 6.07 Å². The molecule has 6 rings (SSSR count). The van der Waals surface area contributed by atoms with Crippen molar-refractivity contribution in [3.8, 4) is 0 Å². The molecule has 4 heterocycles. The average molecular weight is 479 g/mol. The van der Waals surface area contributed by atoms with Crippen LogP contribution in [0.1, 0.15) is 81.1 Å². The SMILES string of the molecule is Cc1nc(N2CCC3(CC2)Cc2ncccc2[C@H]3NS(=O)C(C)(C)C)c2ccnn2c1C1CC1. The number of piperidine rings is 1. The lowest BCUT2D eigenvalue weighted by Gasteiger charge is -2.44. The summed E-state index contributed by atoms with van der Waals surface area (Å²) in [4.78, 5) is 12.2. The highest BCUT2D eigenvalue weighted by Crippen LogP contribution is 2.52. The van der Waals surface area contributed by atoms with Crippen LogP contribution < -0.4 is 9.62 Å². The van der Waals surface area contributed by atoms with Gasteiger partial charge in [0.25, 0.3) is 0 Å². The molecule has 7 nitrogen and oxygen atoms in total. The summed E-state index contributed by atoms with van der Waals surface area (Å²) in [6.45, 7) is 10.1. The Morgan fingerprint density at radius 3 is 2.62 bits per heavy atom. The first kappa shape index (κ1) is 22.2. The number of hydrogen-bond donors (Lipinski definition) is 1. The van der Waals surface area contributed by atoms with Crippen LogP contribution in [0.3, 0.4) is 0 Å².